The van der Waals surface area contributed by atoms with E-state index in [1.165, 1.54) is 5.56 Å². The Morgan fingerprint density at radius 3 is 2.28 bits per heavy atom. The molecule has 190 valence electrons. The summed E-state index contributed by atoms with van der Waals surface area (Å²) >= 11 is 0. The van der Waals surface area contributed by atoms with Crippen LogP contribution in [0.3, 0.4) is 0 Å². The molecule has 0 radical (unpaired) electrons. The van der Waals surface area contributed by atoms with Crippen LogP contribution in [-0.2, 0) is 22.7 Å². The molecule has 0 saturated heterocycles. The first kappa shape index (κ1) is 27.0. The van der Waals surface area contributed by atoms with Crippen LogP contribution in [0.25, 0.3) is 6.08 Å². The molecule has 1 heterocycles. The van der Waals surface area contributed by atoms with Gasteiger partial charge in [0.05, 0.1) is 6.54 Å². The molecule has 0 aliphatic carbocycles. The van der Waals surface area contributed by atoms with Crippen molar-refractivity contribution in [2.24, 2.45) is 0 Å². The van der Waals surface area contributed by atoms with E-state index >= 15 is 0 Å². The third kappa shape index (κ3) is 8.26. The minimum atomic E-state index is -0.125. The summed E-state index contributed by atoms with van der Waals surface area (Å²) < 4.78 is 2.19. The second-order valence-corrected chi connectivity index (χ2v) is 9.44. The lowest BCUT2D eigenvalue weighted by atomic mass is 10.2. The molecule has 2 amide bonds. The molecule has 3 rings (SSSR count). The lowest BCUT2D eigenvalue weighted by Crippen LogP contribution is -2.45. The predicted octanol–water partition coefficient (Wildman–Crippen LogP) is 6.01. The van der Waals surface area contributed by atoms with Gasteiger partial charge in [0.25, 0.3) is 0 Å². The van der Waals surface area contributed by atoms with Gasteiger partial charge in [0, 0.05) is 37.1 Å². The molecule has 0 aliphatic heterocycles. The van der Waals surface area contributed by atoms with Gasteiger partial charge in [-0.15, -0.1) is 0 Å². The SMILES string of the molecule is CCCCCN(CC(=O)N(Cc1cccn1Cc1ccccc1)C(C)C)C(=O)/C=C/c1ccccc1. The van der Waals surface area contributed by atoms with Crippen molar-refractivity contribution >= 4 is 17.9 Å². The van der Waals surface area contributed by atoms with Crippen LogP contribution in [0.5, 0.6) is 0 Å². The van der Waals surface area contributed by atoms with E-state index < -0.39 is 0 Å². The molecule has 3 aromatic rings. The van der Waals surface area contributed by atoms with Crippen molar-refractivity contribution in [2.75, 3.05) is 13.1 Å². The fraction of sp³-hybridized carbons (Fsp3) is 0.355. The highest BCUT2D eigenvalue weighted by molar-refractivity contribution is 5.94. The first-order valence-electron chi connectivity index (χ1n) is 13.0. The summed E-state index contributed by atoms with van der Waals surface area (Å²) in [6.45, 7) is 8.12. The van der Waals surface area contributed by atoms with Gasteiger partial charge < -0.3 is 14.4 Å². The first-order chi connectivity index (χ1) is 17.5. The van der Waals surface area contributed by atoms with E-state index in [9.17, 15) is 9.59 Å². The van der Waals surface area contributed by atoms with Crippen LogP contribution in [0.1, 0.15) is 56.9 Å². The molecule has 1 aromatic heterocycles. The van der Waals surface area contributed by atoms with Gasteiger partial charge in [0.15, 0.2) is 0 Å². The normalized spacial score (nSPS) is 11.2. The molecule has 5 heteroatoms. The van der Waals surface area contributed by atoms with Crippen LogP contribution in [0.4, 0.5) is 0 Å². The standard InChI is InChI=1S/C31H39N3O2/c1-4-5-12-21-33(30(35)20-19-27-14-8-6-9-15-27)25-31(36)34(26(2)3)24-29-18-13-22-32(29)23-28-16-10-7-11-17-28/h6-11,13-20,22,26H,4-5,12,21,23-25H2,1-3H3/b20-19+. The molecule has 36 heavy (non-hydrogen) atoms. The maximum atomic E-state index is 13.5. The van der Waals surface area contributed by atoms with Crippen molar-refractivity contribution in [1.82, 2.24) is 14.4 Å². The Bertz CT molecular complexity index is 1100. The van der Waals surface area contributed by atoms with E-state index in [1.54, 1.807) is 11.0 Å². The number of amides is 2. The molecule has 0 aliphatic rings. The Kier molecular flexibility index (Phi) is 10.6. The molecule has 0 atom stereocenters. The molecule has 0 bridgehead atoms. The van der Waals surface area contributed by atoms with Crippen molar-refractivity contribution in [1.29, 1.82) is 0 Å². The van der Waals surface area contributed by atoms with Crippen LogP contribution in [0, 0.1) is 0 Å². The Morgan fingerprint density at radius 1 is 0.917 bits per heavy atom. The van der Waals surface area contributed by atoms with Gasteiger partial charge in [-0.05, 0) is 49.6 Å². The molecule has 0 unspecified atom stereocenters. The Hall–Kier alpha value is -3.60. The maximum absolute atomic E-state index is 13.5. The molecular formula is C31H39N3O2. The Morgan fingerprint density at radius 2 is 1.61 bits per heavy atom. The number of unbranched alkanes of at least 4 members (excludes halogenated alkanes) is 2. The second kappa shape index (κ2) is 14.1. The van der Waals surface area contributed by atoms with Crippen LogP contribution >= 0.6 is 0 Å². The number of rotatable bonds is 13. The maximum Gasteiger partial charge on any atom is 0.247 e. The minimum Gasteiger partial charge on any atom is -0.345 e. The number of hydrogen-bond acceptors (Lipinski definition) is 2. The van der Waals surface area contributed by atoms with E-state index in [1.807, 2.05) is 79.4 Å². The summed E-state index contributed by atoms with van der Waals surface area (Å²) in [6.07, 6.45) is 8.43. The summed E-state index contributed by atoms with van der Waals surface area (Å²) in [5.41, 5.74) is 3.26. The van der Waals surface area contributed by atoms with Gasteiger partial charge in [-0.3, -0.25) is 9.59 Å². The zero-order chi connectivity index (χ0) is 25.8. The average molecular weight is 486 g/mol. The summed E-state index contributed by atoms with van der Waals surface area (Å²) in [5.74, 6) is -0.158. The lowest BCUT2D eigenvalue weighted by molar-refractivity contribution is -0.140. The second-order valence-electron chi connectivity index (χ2n) is 9.44. The minimum absolute atomic E-state index is 0.0185. The number of carbonyl (C=O) groups excluding carboxylic acids is 2. The fourth-order valence-corrected chi connectivity index (χ4v) is 4.17. The van der Waals surface area contributed by atoms with Crippen LogP contribution < -0.4 is 0 Å². The fourth-order valence-electron chi connectivity index (χ4n) is 4.17. The zero-order valence-electron chi connectivity index (χ0n) is 21.8. The van der Waals surface area contributed by atoms with Crippen molar-refractivity contribution in [2.45, 2.75) is 59.2 Å². The topological polar surface area (TPSA) is 45.6 Å². The summed E-state index contributed by atoms with van der Waals surface area (Å²) in [5, 5.41) is 0. The number of carbonyl (C=O) groups is 2. The molecule has 0 fully saturated rings. The monoisotopic (exact) mass is 485 g/mol. The molecule has 0 N–H and O–H groups in total. The Balaban J connectivity index is 1.71. The Labute approximate surface area is 216 Å². The number of hydrogen-bond donors (Lipinski definition) is 0. The van der Waals surface area contributed by atoms with Gasteiger partial charge in [-0.2, -0.15) is 0 Å². The van der Waals surface area contributed by atoms with E-state index in [0.717, 1.165) is 37.1 Å². The van der Waals surface area contributed by atoms with Crippen molar-refractivity contribution in [3.63, 3.8) is 0 Å². The van der Waals surface area contributed by atoms with Gasteiger partial charge in [-0.25, -0.2) is 0 Å². The van der Waals surface area contributed by atoms with Crippen LogP contribution in [0.2, 0.25) is 0 Å². The van der Waals surface area contributed by atoms with Crippen LogP contribution in [0.15, 0.2) is 85.1 Å². The van der Waals surface area contributed by atoms with Crippen molar-refractivity contribution in [3.8, 4) is 0 Å². The smallest absolute Gasteiger partial charge is 0.247 e. The van der Waals surface area contributed by atoms with Gasteiger partial charge in [0.2, 0.25) is 11.8 Å². The van der Waals surface area contributed by atoms with Crippen molar-refractivity contribution in [3.05, 3.63) is 102 Å². The number of aromatic nitrogens is 1. The highest BCUT2D eigenvalue weighted by atomic mass is 16.2. The van der Waals surface area contributed by atoms with Gasteiger partial charge >= 0.3 is 0 Å². The summed E-state index contributed by atoms with van der Waals surface area (Å²) in [6, 6.07) is 24.2. The van der Waals surface area contributed by atoms with E-state index in [2.05, 4.69) is 35.9 Å². The molecule has 2 aromatic carbocycles. The average Bonchev–Trinajstić information content (AvgIpc) is 3.32. The largest absolute Gasteiger partial charge is 0.345 e. The number of nitrogens with zero attached hydrogens (tertiary/aromatic N) is 3. The van der Waals surface area contributed by atoms with Crippen LogP contribution in [-0.4, -0.2) is 45.3 Å². The van der Waals surface area contributed by atoms with Crippen molar-refractivity contribution < 1.29 is 9.59 Å². The van der Waals surface area contributed by atoms with E-state index in [4.69, 9.17) is 0 Å². The van der Waals surface area contributed by atoms with Gasteiger partial charge in [-0.1, -0.05) is 80.4 Å². The molecular weight excluding hydrogens is 446 g/mol. The summed E-state index contributed by atoms with van der Waals surface area (Å²) in [4.78, 5) is 30.1. The quantitative estimate of drug-likeness (QED) is 0.220. The van der Waals surface area contributed by atoms with E-state index in [0.29, 0.717) is 13.1 Å². The highest BCUT2D eigenvalue weighted by Crippen LogP contribution is 2.14. The third-order valence-corrected chi connectivity index (χ3v) is 6.28. The zero-order valence-corrected chi connectivity index (χ0v) is 21.8. The molecule has 0 saturated carbocycles. The molecule has 0 spiro atoms. The first-order valence-corrected chi connectivity index (χ1v) is 13.0. The van der Waals surface area contributed by atoms with E-state index in [-0.39, 0.29) is 24.4 Å². The summed E-state index contributed by atoms with van der Waals surface area (Å²) in [7, 11) is 0. The molecule has 5 nitrogen and oxygen atoms in total. The highest BCUT2D eigenvalue weighted by Gasteiger charge is 2.23. The third-order valence-electron chi connectivity index (χ3n) is 6.28. The lowest BCUT2D eigenvalue weighted by Gasteiger charge is -2.30. The van der Waals surface area contributed by atoms with Gasteiger partial charge in [0.1, 0.15) is 6.54 Å². The predicted molar refractivity (Wildman–Crippen MR) is 147 cm³/mol. The number of benzene rings is 2.